The number of hydrogen-bond acceptors (Lipinski definition) is 8. The number of hydrogen-bond donors (Lipinski definition) is 2. The number of carbonyl (C=O) groups excluding carboxylic acids is 4. The molecule has 0 bridgehead atoms. The van der Waals surface area contributed by atoms with Crippen LogP contribution in [0.2, 0.25) is 0 Å². The number of nitrogens with zero attached hydrogens (tertiary/aromatic N) is 3. The van der Waals surface area contributed by atoms with Gasteiger partial charge in [0.1, 0.15) is 0 Å². The van der Waals surface area contributed by atoms with E-state index in [2.05, 4.69) is 19.2 Å². The van der Waals surface area contributed by atoms with E-state index in [9.17, 15) is 24.3 Å². The lowest BCUT2D eigenvalue weighted by molar-refractivity contribution is -0.156. The van der Waals surface area contributed by atoms with E-state index in [0.29, 0.717) is 18.5 Å². The summed E-state index contributed by atoms with van der Waals surface area (Å²) in [5.74, 6) is -1.49. The largest absolute Gasteiger partial charge is 0.386 e. The van der Waals surface area contributed by atoms with E-state index >= 15 is 0 Å². The number of amides is 3. The molecule has 1 aromatic carbocycles. The Morgan fingerprint density at radius 2 is 1.53 bits per heavy atom. The van der Waals surface area contributed by atoms with Gasteiger partial charge in [-0.2, -0.15) is 0 Å². The Bertz CT molecular complexity index is 1250. The smallest absolute Gasteiger partial charge is 0.226 e. The van der Waals surface area contributed by atoms with Crippen molar-refractivity contribution in [3.8, 4) is 0 Å². The number of likely N-dealkylation sites (N-methyl/N-ethyl adjacent to an activating group) is 2. The molecule has 1 aromatic rings. The van der Waals surface area contributed by atoms with Crippen LogP contribution >= 0.6 is 0 Å². The van der Waals surface area contributed by atoms with E-state index in [4.69, 9.17) is 9.47 Å². The number of rotatable bonds is 21. The molecule has 290 valence electrons. The third-order valence-corrected chi connectivity index (χ3v) is 11.1. The third kappa shape index (κ3) is 11.3. The fraction of sp³-hybridized carbons (Fsp3) is 0.750. The lowest BCUT2D eigenvalue weighted by Crippen LogP contribution is -2.61. The number of Topliss-reactive ketones (excluding diaryl/α,β-unsaturated/α-hetero) is 1. The molecule has 0 spiro atoms. The number of ether oxygens (including phenoxy) is 2. The van der Waals surface area contributed by atoms with Crippen LogP contribution in [0, 0.1) is 29.6 Å². The second-order valence-electron chi connectivity index (χ2n) is 15.6. The predicted molar refractivity (Wildman–Crippen MR) is 201 cm³/mol. The first-order chi connectivity index (χ1) is 23.9. The van der Waals surface area contributed by atoms with Crippen molar-refractivity contribution in [2.24, 2.45) is 29.6 Å². The summed E-state index contributed by atoms with van der Waals surface area (Å²) in [5.41, 5.74) is 0.713. The first-order valence-electron chi connectivity index (χ1n) is 18.8. The van der Waals surface area contributed by atoms with Crippen LogP contribution in [0.4, 0.5) is 0 Å². The normalized spacial score (nSPS) is 20.1. The predicted octanol–water partition coefficient (Wildman–Crippen LogP) is 4.57. The summed E-state index contributed by atoms with van der Waals surface area (Å²) in [6, 6.07) is 7.67. The molecule has 11 nitrogen and oxygen atoms in total. The van der Waals surface area contributed by atoms with Crippen LogP contribution < -0.4 is 5.32 Å². The SMILES string of the molecule is CCC(C)[C@@H]([C@@H](CC(=O)N1CC[C@H]1[C@H](OC)[C@@H](C)C(=O)N[C@H](C)[C@@H](O)c1ccccc1)OC)N(C)C(=O)[C@@H](CC(=O)[C@H](C(C)C)N(C)C)C(C)C. The number of benzene rings is 1. The monoisotopic (exact) mass is 717 g/mol. The highest BCUT2D eigenvalue weighted by Crippen LogP contribution is 2.31. The molecule has 1 aliphatic rings. The molecule has 1 fully saturated rings. The zero-order valence-corrected chi connectivity index (χ0v) is 33.6. The maximum Gasteiger partial charge on any atom is 0.226 e. The van der Waals surface area contributed by atoms with Crippen LogP contribution in [0.25, 0.3) is 0 Å². The Balaban J connectivity index is 2.20. The number of carbonyl (C=O) groups is 4. The number of aliphatic hydroxyl groups excluding tert-OH is 1. The van der Waals surface area contributed by atoms with Crippen LogP contribution in [0.3, 0.4) is 0 Å². The highest BCUT2D eigenvalue weighted by molar-refractivity contribution is 5.90. The Hall–Kier alpha value is -2.86. The first-order valence-corrected chi connectivity index (χ1v) is 18.8. The molecule has 0 radical (unpaired) electrons. The maximum absolute atomic E-state index is 14.2. The molecular formula is C40H68N4O7. The van der Waals surface area contributed by atoms with Crippen LogP contribution in [0.5, 0.6) is 0 Å². The molecule has 1 unspecified atom stereocenters. The molecule has 2 rings (SSSR count). The van der Waals surface area contributed by atoms with Gasteiger partial charge in [0.05, 0.1) is 54.8 Å². The second kappa shape index (κ2) is 20.4. The van der Waals surface area contributed by atoms with Gasteiger partial charge in [0.2, 0.25) is 17.7 Å². The molecule has 11 heteroatoms. The van der Waals surface area contributed by atoms with Crippen molar-refractivity contribution in [3.63, 3.8) is 0 Å². The minimum Gasteiger partial charge on any atom is -0.386 e. The highest BCUT2D eigenvalue weighted by atomic mass is 16.5. The zero-order valence-electron chi connectivity index (χ0n) is 33.6. The van der Waals surface area contributed by atoms with Crippen molar-refractivity contribution in [2.75, 3.05) is 41.9 Å². The molecule has 0 aliphatic carbocycles. The van der Waals surface area contributed by atoms with Gasteiger partial charge in [-0.25, -0.2) is 0 Å². The van der Waals surface area contributed by atoms with Gasteiger partial charge in [-0.05, 0) is 50.8 Å². The van der Waals surface area contributed by atoms with Gasteiger partial charge in [-0.1, -0.05) is 85.2 Å². The fourth-order valence-corrected chi connectivity index (χ4v) is 7.76. The third-order valence-electron chi connectivity index (χ3n) is 11.1. The van der Waals surface area contributed by atoms with Crippen molar-refractivity contribution in [1.82, 2.24) is 20.0 Å². The van der Waals surface area contributed by atoms with Gasteiger partial charge in [0, 0.05) is 40.2 Å². The van der Waals surface area contributed by atoms with Crippen LogP contribution in [-0.2, 0) is 28.7 Å². The standard InChI is InChI=1S/C40H68N4O7/c1-14-26(6)36(43(11)40(49)30(24(2)3)22-32(45)35(25(4)5)42(9)10)33(50-12)23-34(46)44-21-20-31(44)38(51-13)27(7)39(48)41-28(8)37(47)29-18-16-15-17-19-29/h15-19,24-28,30-31,33,35-38,47H,14,20-23H2,1-13H3,(H,41,48)/t26?,27-,28-,30+,31+,33-,35+,36+,37-,38-/m1/s1. The maximum atomic E-state index is 14.2. The summed E-state index contributed by atoms with van der Waals surface area (Å²) in [7, 11) is 8.68. The summed E-state index contributed by atoms with van der Waals surface area (Å²) in [6.45, 7) is 16.2. The molecule has 0 saturated carbocycles. The minimum atomic E-state index is -0.870. The molecule has 1 saturated heterocycles. The summed E-state index contributed by atoms with van der Waals surface area (Å²) in [6.07, 6.45) is -0.360. The van der Waals surface area contributed by atoms with Gasteiger partial charge < -0.3 is 29.7 Å². The van der Waals surface area contributed by atoms with Crippen LogP contribution in [0.15, 0.2) is 30.3 Å². The quantitative estimate of drug-likeness (QED) is 0.190. The van der Waals surface area contributed by atoms with E-state index in [-0.39, 0.29) is 66.2 Å². The summed E-state index contributed by atoms with van der Waals surface area (Å²) >= 11 is 0. The van der Waals surface area contributed by atoms with Crippen molar-refractivity contribution in [2.45, 2.75) is 124 Å². The Morgan fingerprint density at radius 3 is 1.98 bits per heavy atom. The van der Waals surface area contributed by atoms with Crippen molar-refractivity contribution < 1.29 is 33.8 Å². The number of nitrogens with one attached hydrogen (secondary N) is 1. The summed E-state index contributed by atoms with van der Waals surface area (Å²) in [5, 5.41) is 13.7. The number of aliphatic hydroxyl groups is 1. The van der Waals surface area contributed by atoms with E-state index in [1.165, 1.54) is 0 Å². The lowest BCUT2D eigenvalue weighted by atomic mass is 9.83. The van der Waals surface area contributed by atoms with E-state index in [0.717, 1.165) is 6.42 Å². The highest BCUT2D eigenvalue weighted by Gasteiger charge is 2.45. The van der Waals surface area contributed by atoms with Crippen LogP contribution in [0.1, 0.15) is 92.7 Å². The van der Waals surface area contributed by atoms with Crippen LogP contribution in [-0.4, -0.2) is 122 Å². The molecule has 51 heavy (non-hydrogen) atoms. The average Bonchev–Trinajstić information content (AvgIpc) is 3.06. The molecule has 10 atom stereocenters. The number of methoxy groups -OCH3 is 2. The Labute approximate surface area is 307 Å². The fourth-order valence-electron chi connectivity index (χ4n) is 7.76. The number of likely N-dealkylation sites (tertiary alicyclic amines) is 1. The van der Waals surface area contributed by atoms with Gasteiger partial charge in [0.15, 0.2) is 5.78 Å². The Kier molecular flexibility index (Phi) is 17.7. The summed E-state index contributed by atoms with van der Waals surface area (Å²) < 4.78 is 11.8. The van der Waals surface area contributed by atoms with E-state index < -0.39 is 42.2 Å². The number of ketones is 1. The Morgan fingerprint density at radius 1 is 0.922 bits per heavy atom. The van der Waals surface area contributed by atoms with Crippen molar-refractivity contribution in [3.05, 3.63) is 35.9 Å². The molecule has 3 amide bonds. The van der Waals surface area contributed by atoms with E-state index in [1.807, 2.05) is 77.0 Å². The lowest BCUT2D eigenvalue weighted by Gasteiger charge is -2.47. The molecular weight excluding hydrogens is 648 g/mol. The summed E-state index contributed by atoms with van der Waals surface area (Å²) in [4.78, 5) is 60.4. The van der Waals surface area contributed by atoms with E-state index in [1.54, 1.807) is 44.9 Å². The van der Waals surface area contributed by atoms with Gasteiger partial charge >= 0.3 is 0 Å². The van der Waals surface area contributed by atoms with Crippen molar-refractivity contribution >= 4 is 23.5 Å². The topological polar surface area (TPSA) is 129 Å². The van der Waals surface area contributed by atoms with Gasteiger partial charge in [0.25, 0.3) is 0 Å². The second-order valence-corrected chi connectivity index (χ2v) is 15.6. The molecule has 2 N–H and O–H groups in total. The molecule has 1 aliphatic heterocycles. The zero-order chi connectivity index (χ0) is 38.7. The molecule has 1 heterocycles. The first kappa shape index (κ1) is 44.3. The van der Waals surface area contributed by atoms with Gasteiger partial charge in [-0.3, -0.25) is 24.1 Å². The van der Waals surface area contributed by atoms with Gasteiger partial charge in [-0.15, -0.1) is 0 Å². The van der Waals surface area contributed by atoms with Crippen molar-refractivity contribution in [1.29, 1.82) is 0 Å². The average molecular weight is 717 g/mol. The molecule has 0 aromatic heterocycles. The minimum absolute atomic E-state index is 0.0151.